The normalized spacial score (nSPS) is 24.5. The maximum absolute atomic E-state index is 12.1. The molecule has 1 heterocycles. The molecule has 4 heteroatoms. The highest BCUT2D eigenvalue weighted by molar-refractivity contribution is 5.78. The van der Waals surface area contributed by atoms with E-state index in [0.29, 0.717) is 24.9 Å². The molecule has 1 fully saturated rings. The van der Waals surface area contributed by atoms with Crippen LogP contribution in [0.5, 0.6) is 0 Å². The summed E-state index contributed by atoms with van der Waals surface area (Å²) in [5.74, 6) is 0.805. The highest BCUT2D eigenvalue weighted by Crippen LogP contribution is 2.25. The lowest BCUT2D eigenvalue weighted by Crippen LogP contribution is -2.45. The van der Waals surface area contributed by atoms with E-state index >= 15 is 0 Å². The summed E-state index contributed by atoms with van der Waals surface area (Å²) in [5, 5.41) is 0. The Balaban J connectivity index is 2.07. The zero-order chi connectivity index (χ0) is 15.2. The van der Waals surface area contributed by atoms with Crippen molar-refractivity contribution in [3.8, 4) is 0 Å². The molecule has 2 N–H and O–H groups in total. The van der Waals surface area contributed by atoms with Gasteiger partial charge in [-0.2, -0.15) is 0 Å². The van der Waals surface area contributed by atoms with Gasteiger partial charge in [0.1, 0.15) is 0 Å². The fourth-order valence-corrected chi connectivity index (χ4v) is 3.10. The van der Waals surface area contributed by atoms with Crippen LogP contribution in [0, 0.1) is 11.8 Å². The van der Waals surface area contributed by atoms with E-state index in [4.69, 9.17) is 10.5 Å². The second-order valence-corrected chi connectivity index (χ2v) is 6.01. The number of ether oxygens (including phenoxy) is 1. The van der Waals surface area contributed by atoms with Gasteiger partial charge in [-0.05, 0) is 36.9 Å². The summed E-state index contributed by atoms with van der Waals surface area (Å²) in [6.45, 7) is 5.69. The molecule has 0 spiro atoms. The number of esters is 1. The van der Waals surface area contributed by atoms with Crippen LogP contribution in [0.1, 0.15) is 24.8 Å². The molecule has 1 aromatic carbocycles. The number of methoxy groups -OCH3 is 1. The highest BCUT2D eigenvalue weighted by atomic mass is 16.5. The van der Waals surface area contributed by atoms with Crippen LogP contribution in [0.2, 0.25) is 0 Å². The third kappa shape index (κ3) is 4.05. The molecule has 1 aliphatic rings. The van der Waals surface area contributed by atoms with Crippen LogP contribution in [0.4, 0.5) is 0 Å². The van der Waals surface area contributed by atoms with Crippen molar-refractivity contribution >= 4 is 5.97 Å². The number of benzene rings is 1. The number of carbonyl (C=O) groups is 1. The lowest BCUT2D eigenvalue weighted by Gasteiger charge is -2.37. The van der Waals surface area contributed by atoms with Gasteiger partial charge in [-0.1, -0.05) is 37.3 Å². The quantitative estimate of drug-likeness (QED) is 0.841. The van der Waals surface area contributed by atoms with E-state index in [9.17, 15) is 4.79 Å². The Hall–Kier alpha value is -1.39. The highest BCUT2D eigenvalue weighted by Gasteiger charge is 2.29. The minimum Gasteiger partial charge on any atom is -0.469 e. The largest absolute Gasteiger partial charge is 0.469 e. The molecule has 4 nitrogen and oxygen atoms in total. The fourth-order valence-electron chi connectivity index (χ4n) is 3.10. The van der Waals surface area contributed by atoms with Crippen molar-refractivity contribution in [1.29, 1.82) is 0 Å². The maximum Gasteiger partial charge on any atom is 0.314 e. The van der Waals surface area contributed by atoms with Crippen molar-refractivity contribution in [2.75, 3.05) is 33.3 Å². The molecule has 0 aliphatic carbocycles. The van der Waals surface area contributed by atoms with Gasteiger partial charge >= 0.3 is 5.97 Å². The summed E-state index contributed by atoms with van der Waals surface area (Å²) >= 11 is 0. The van der Waals surface area contributed by atoms with Gasteiger partial charge in [-0.15, -0.1) is 0 Å². The monoisotopic (exact) mass is 290 g/mol. The van der Waals surface area contributed by atoms with Gasteiger partial charge in [-0.3, -0.25) is 4.79 Å². The van der Waals surface area contributed by atoms with Crippen molar-refractivity contribution in [3.05, 3.63) is 35.9 Å². The van der Waals surface area contributed by atoms with Gasteiger partial charge in [0.25, 0.3) is 0 Å². The molecule has 0 bridgehead atoms. The summed E-state index contributed by atoms with van der Waals surface area (Å²) in [4.78, 5) is 14.5. The summed E-state index contributed by atoms with van der Waals surface area (Å²) in [6, 6.07) is 9.88. The fraction of sp³-hybridized carbons (Fsp3) is 0.588. The van der Waals surface area contributed by atoms with Gasteiger partial charge in [0.15, 0.2) is 0 Å². The Bertz CT molecular complexity index is 449. The first-order chi connectivity index (χ1) is 10.2. The number of piperidine rings is 1. The molecule has 21 heavy (non-hydrogen) atoms. The second-order valence-electron chi connectivity index (χ2n) is 6.01. The summed E-state index contributed by atoms with van der Waals surface area (Å²) in [7, 11) is 1.46. The van der Waals surface area contributed by atoms with Crippen LogP contribution < -0.4 is 5.73 Å². The first kappa shape index (κ1) is 16.0. The van der Waals surface area contributed by atoms with Gasteiger partial charge in [0.2, 0.25) is 0 Å². The number of nitrogens with two attached hydrogens (primary N) is 1. The third-order valence-corrected chi connectivity index (χ3v) is 4.63. The molecule has 0 aromatic heterocycles. The minimum absolute atomic E-state index is 0.163. The zero-order valence-corrected chi connectivity index (χ0v) is 13.0. The number of hydrogen-bond donors (Lipinski definition) is 1. The van der Waals surface area contributed by atoms with Crippen LogP contribution in [0.3, 0.4) is 0 Å². The average Bonchev–Trinajstić information content (AvgIpc) is 2.54. The number of rotatable bonds is 5. The van der Waals surface area contributed by atoms with E-state index in [-0.39, 0.29) is 11.9 Å². The van der Waals surface area contributed by atoms with Crippen molar-refractivity contribution in [1.82, 2.24) is 4.90 Å². The van der Waals surface area contributed by atoms with Crippen molar-refractivity contribution in [2.45, 2.75) is 19.3 Å². The Morgan fingerprint density at radius 3 is 2.76 bits per heavy atom. The molecule has 3 unspecified atom stereocenters. The maximum atomic E-state index is 12.1. The van der Waals surface area contributed by atoms with Gasteiger partial charge < -0.3 is 15.4 Å². The smallest absolute Gasteiger partial charge is 0.314 e. The molecule has 2 rings (SSSR count). The lowest BCUT2D eigenvalue weighted by molar-refractivity contribution is -0.143. The number of likely N-dealkylation sites (tertiary alicyclic amines) is 1. The standard InChI is InChI=1S/C17H26N2O2/c1-13-8-9-19(11-15(13)10-18)12-16(17(20)21-2)14-6-4-3-5-7-14/h3-7,13,15-16H,8-12,18H2,1-2H3. The molecular weight excluding hydrogens is 264 g/mol. The number of carbonyl (C=O) groups excluding carboxylic acids is 1. The van der Waals surface area contributed by atoms with Crippen molar-refractivity contribution in [2.24, 2.45) is 17.6 Å². The average molecular weight is 290 g/mol. The van der Waals surface area contributed by atoms with E-state index in [1.54, 1.807) is 0 Å². The van der Waals surface area contributed by atoms with E-state index in [1.807, 2.05) is 30.3 Å². The molecule has 1 saturated heterocycles. The van der Waals surface area contributed by atoms with E-state index in [1.165, 1.54) is 7.11 Å². The van der Waals surface area contributed by atoms with Crippen LogP contribution >= 0.6 is 0 Å². The first-order valence-corrected chi connectivity index (χ1v) is 7.71. The van der Waals surface area contributed by atoms with Gasteiger partial charge in [0, 0.05) is 13.1 Å². The summed E-state index contributed by atoms with van der Waals surface area (Å²) in [5.41, 5.74) is 6.89. The Morgan fingerprint density at radius 1 is 1.43 bits per heavy atom. The third-order valence-electron chi connectivity index (χ3n) is 4.63. The van der Waals surface area contributed by atoms with Crippen LogP contribution in [-0.4, -0.2) is 44.2 Å². The Morgan fingerprint density at radius 2 is 2.14 bits per heavy atom. The molecular formula is C17H26N2O2. The van der Waals surface area contributed by atoms with Gasteiger partial charge in [0.05, 0.1) is 13.0 Å². The van der Waals surface area contributed by atoms with E-state index in [2.05, 4.69) is 11.8 Å². The summed E-state index contributed by atoms with van der Waals surface area (Å²) < 4.78 is 4.99. The Kier molecular flexibility index (Phi) is 5.76. The lowest BCUT2D eigenvalue weighted by atomic mass is 9.86. The topological polar surface area (TPSA) is 55.6 Å². The van der Waals surface area contributed by atoms with Crippen LogP contribution in [0.15, 0.2) is 30.3 Å². The molecule has 0 amide bonds. The second kappa shape index (κ2) is 7.57. The SMILES string of the molecule is COC(=O)C(CN1CCC(C)C(CN)C1)c1ccccc1. The predicted molar refractivity (Wildman–Crippen MR) is 84.0 cm³/mol. The predicted octanol–water partition coefficient (Wildman–Crippen LogP) is 1.86. The number of hydrogen-bond acceptors (Lipinski definition) is 4. The van der Waals surface area contributed by atoms with Crippen LogP contribution in [-0.2, 0) is 9.53 Å². The summed E-state index contributed by atoms with van der Waals surface area (Å²) in [6.07, 6.45) is 1.14. The molecule has 3 atom stereocenters. The van der Waals surface area contributed by atoms with Crippen molar-refractivity contribution < 1.29 is 9.53 Å². The first-order valence-electron chi connectivity index (χ1n) is 7.71. The molecule has 1 aliphatic heterocycles. The van der Waals surface area contributed by atoms with Gasteiger partial charge in [-0.25, -0.2) is 0 Å². The molecule has 0 saturated carbocycles. The van der Waals surface area contributed by atoms with Crippen LogP contribution in [0.25, 0.3) is 0 Å². The molecule has 116 valence electrons. The van der Waals surface area contributed by atoms with E-state index in [0.717, 1.165) is 25.1 Å². The zero-order valence-electron chi connectivity index (χ0n) is 13.0. The molecule has 1 aromatic rings. The Labute approximate surface area is 127 Å². The minimum atomic E-state index is -0.219. The van der Waals surface area contributed by atoms with E-state index < -0.39 is 0 Å². The number of nitrogens with zero attached hydrogens (tertiary/aromatic N) is 1. The molecule has 0 radical (unpaired) electrons. The van der Waals surface area contributed by atoms with Crippen molar-refractivity contribution in [3.63, 3.8) is 0 Å².